The van der Waals surface area contributed by atoms with Gasteiger partial charge in [-0.15, -0.1) is 0 Å². The normalized spacial score (nSPS) is 20.2. The molecule has 2 heterocycles. The summed E-state index contributed by atoms with van der Waals surface area (Å²) in [6, 6.07) is 13.1. The van der Waals surface area contributed by atoms with Gasteiger partial charge in [-0.1, -0.05) is 24.3 Å². The highest BCUT2D eigenvalue weighted by molar-refractivity contribution is 7.89. The first-order valence-electron chi connectivity index (χ1n) is 15.1. The van der Waals surface area contributed by atoms with E-state index in [4.69, 9.17) is 15.2 Å². The minimum Gasteiger partial charge on any atom is -0.496 e. The molecule has 0 bridgehead atoms. The fourth-order valence-electron chi connectivity index (χ4n) is 5.90. The Balaban J connectivity index is 1.16. The third kappa shape index (κ3) is 7.79. The topological polar surface area (TPSA) is 135 Å². The minimum absolute atomic E-state index is 0.0590. The minimum atomic E-state index is -3.29. The van der Waals surface area contributed by atoms with E-state index < -0.39 is 22.0 Å². The fourth-order valence-corrected chi connectivity index (χ4v) is 7.30. The van der Waals surface area contributed by atoms with Crippen molar-refractivity contribution >= 4 is 27.5 Å². The van der Waals surface area contributed by atoms with Gasteiger partial charge < -0.3 is 30.3 Å². The summed E-state index contributed by atoms with van der Waals surface area (Å²) in [5, 5.41) is 3.27. The molecule has 0 spiro atoms. The van der Waals surface area contributed by atoms with Gasteiger partial charge in [0, 0.05) is 62.6 Å². The molecule has 3 fully saturated rings. The van der Waals surface area contributed by atoms with Crippen LogP contribution in [0, 0.1) is 6.92 Å². The molecule has 1 aliphatic carbocycles. The highest BCUT2D eigenvalue weighted by Crippen LogP contribution is 2.29. The fraction of sp³-hybridized carbons (Fsp3) is 0.548. The van der Waals surface area contributed by atoms with Gasteiger partial charge >= 0.3 is 0 Å². The first kappa shape index (κ1) is 31.1. The van der Waals surface area contributed by atoms with Crippen LogP contribution < -0.4 is 25.4 Å². The average Bonchev–Trinajstić information content (AvgIpc) is 3.82. The SMILES string of the molecule is COc1cc(OC2CCN(S(=O)(=O)CCNC3CC3)CC2)ccc1CC(=O)N1CCN(c2ccccc2C)CC1C(N)=O. The second-order valence-electron chi connectivity index (χ2n) is 11.6. The van der Waals surface area contributed by atoms with Crippen LogP contribution in [0.4, 0.5) is 5.69 Å². The van der Waals surface area contributed by atoms with Gasteiger partial charge in [-0.25, -0.2) is 12.7 Å². The van der Waals surface area contributed by atoms with Crippen molar-refractivity contribution in [3.05, 3.63) is 53.6 Å². The third-order valence-electron chi connectivity index (χ3n) is 8.55. The zero-order valence-electron chi connectivity index (χ0n) is 25.0. The molecular weight excluding hydrogens is 570 g/mol. The van der Waals surface area contributed by atoms with Gasteiger partial charge in [-0.05, 0) is 50.3 Å². The Morgan fingerprint density at radius 2 is 1.77 bits per heavy atom. The first-order valence-corrected chi connectivity index (χ1v) is 16.7. The van der Waals surface area contributed by atoms with E-state index in [0.717, 1.165) is 24.1 Å². The number of hydrogen-bond donors (Lipinski definition) is 2. The van der Waals surface area contributed by atoms with E-state index in [1.807, 2.05) is 31.2 Å². The van der Waals surface area contributed by atoms with Crippen LogP contribution in [0.3, 0.4) is 0 Å². The van der Waals surface area contributed by atoms with Crippen LogP contribution in [0.5, 0.6) is 11.5 Å². The number of nitrogens with two attached hydrogens (primary N) is 1. The maximum Gasteiger partial charge on any atom is 0.242 e. The molecule has 5 rings (SSSR count). The van der Waals surface area contributed by atoms with Gasteiger partial charge in [-0.2, -0.15) is 0 Å². The van der Waals surface area contributed by atoms with Gasteiger partial charge in [0.25, 0.3) is 0 Å². The quantitative estimate of drug-likeness (QED) is 0.369. The van der Waals surface area contributed by atoms with Gasteiger partial charge in [0.1, 0.15) is 23.6 Å². The molecule has 3 aliphatic rings. The Labute approximate surface area is 254 Å². The molecule has 2 aromatic rings. The van der Waals surface area contributed by atoms with Crippen LogP contribution in [-0.2, 0) is 26.0 Å². The predicted octanol–water partition coefficient (Wildman–Crippen LogP) is 1.67. The molecule has 12 heteroatoms. The van der Waals surface area contributed by atoms with Crippen LogP contribution in [0.25, 0.3) is 0 Å². The summed E-state index contributed by atoms with van der Waals surface area (Å²) in [6.45, 7) is 4.70. The number of nitrogens with zero attached hydrogens (tertiary/aromatic N) is 3. The molecule has 1 saturated carbocycles. The summed E-state index contributed by atoms with van der Waals surface area (Å²) in [4.78, 5) is 29.5. The number of piperidine rings is 1. The highest BCUT2D eigenvalue weighted by Gasteiger charge is 2.35. The molecular formula is C31H43N5O6S. The average molecular weight is 614 g/mol. The van der Waals surface area contributed by atoms with E-state index >= 15 is 0 Å². The number of para-hydroxylation sites is 1. The lowest BCUT2D eigenvalue weighted by molar-refractivity contribution is -0.139. The number of benzene rings is 2. The van der Waals surface area contributed by atoms with E-state index in [-0.39, 0.29) is 24.2 Å². The number of piperazine rings is 1. The van der Waals surface area contributed by atoms with Crippen LogP contribution in [-0.4, -0.2) is 99.8 Å². The number of hydrogen-bond acceptors (Lipinski definition) is 8. The number of sulfonamides is 1. The summed E-state index contributed by atoms with van der Waals surface area (Å²) in [7, 11) is -1.74. The number of aryl methyl sites for hydroxylation is 1. The zero-order valence-corrected chi connectivity index (χ0v) is 25.9. The Morgan fingerprint density at radius 1 is 1.02 bits per heavy atom. The Kier molecular flexibility index (Phi) is 9.78. The molecule has 2 saturated heterocycles. The van der Waals surface area contributed by atoms with Crippen molar-refractivity contribution in [3.8, 4) is 11.5 Å². The van der Waals surface area contributed by atoms with E-state index in [1.54, 1.807) is 34.5 Å². The van der Waals surface area contributed by atoms with Gasteiger partial charge in [-0.3, -0.25) is 9.59 Å². The van der Waals surface area contributed by atoms with E-state index in [9.17, 15) is 18.0 Å². The largest absolute Gasteiger partial charge is 0.496 e. The van der Waals surface area contributed by atoms with Gasteiger partial charge in [0.15, 0.2) is 0 Å². The van der Waals surface area contributed by atoms with Crippen molar-refractivity contribution < 1.29 is 27.5 Å². The van der Waals surface area contributed by atoms with Crippen LogP contribution >= 0.6 is 0 Å². The number of primary amides is 1. The number of carbonyl (C=O) groups excluding carboxylic acids is 2. The zero-order chi connectivity index (χ0) is 30.6. The van der Waals surface area contributed by atoms with Crippen molar-refractivity contribution in [2.75, 3.05) is 57.0 Å². The predicted molar refractivity (Wildman–Crippen MR) is 165 cm³/mol. The Morgan fingerprint density at radius 3 is 2.44 bits per heavy atom. The lowest BCUT2D eigenvalue weighted by Crippen LogP contribution is -2.60. The molecule has 11 nitrogen and oxygen atoms in total. The summed E-state index contributed by atoms with van der Waals surface area (Å²) in [5.41, 5.74) is 8.58. The third-order valence-corrected chi connectivity index (χ3v) is 10.4. The molecule has 43 heavy (non-hydrogen) atoms. The lowest BCUT2D eigenvalue weighted by Gasteiger charge is -2.41. The van der Waals surface area contributed by atoms with E-state index in [2.05, 4.69) is 10.2 Å². The van der Waals surface area contributed by atoms with Crippen molar-refractivity contribution in [2.24, 2.45) is 5.73 Å². The molecule has 3 N–H and O–H groups in total. The molecule has 2 aliphatic heterocycles. The van der Waals surface area contributed by atoms with Crippen molar-refractivity contribution in [1.82, 2.24) is 14.5 Å². The molecule has 0 aromatic heterocycles. The standard InChI is InChI=1S/C31H43N5O6S/c1-22-5-3-4-6-27(22)34-16-17-36(28(21-34)31(32)38)30(37)19-23-7-10-26(20-29(23)41-2)42-25-11-14-35(15-12-25)43(39,40)18-13-33-24-8-9-24/h3-7,10,20,24-25,28,33H,8-9,11-19,21H2,1-2H3,(H2,32,38). The van der Waals surface area contributed by atoms with Gasteiger partial charge in [0.2, 0.25) is 21.8 Å². The lowest BCUT2D eigenvalue weighted by atomic mass is 10.0. The van der Waals surface area contributed by atoms with Crippen LogP contribution in [0.15, 0.2) is 42.5 Å². The van der Waals surface area contributed by atoms with E-state index in [1.165, 1.54) is 0 Å². The molecule has 1 unspecified atom stereocenters. The number of nitrogens with one attached hydrogen (secondary N) is 1. The van der Waals surface area contributed by atoms with Crippen molar-refractivity contribution in [2.45, 2.75) is 57.2 Å². The summed E-state index contributed by atoms with van der Waals surface area (Å²) in [5.74, 6) is 0.514. The molecule has 1 atom stereocenters. The smallest absolute Gasteiger partial charge is 0.242 e. The molecule has 0 radical (unpaired) electrons. The Hall–Kier alpha value is -3.35. The number of ether oxygens (including phenoxy) is 2. The number of rotatable bonds is 12. The number of carbonyl (C=O) groups is 2. The van der Waals surface area contributed by atoms with Crippen LogP contribution in [0.1, 0.15) is 36.8 Å². The van der Waals surface area contributed by atoms with Crippen LogP contribution in [0.2, 0.25) is 0 Å². The molecule has 2 amide bonds. The summed E-state index contributed by atoms with van der Waals surface area (Å²) < 4.78 is 38.8. The monoisotopic (exact) mass is 613 g/mol. The number of amides is 2. The van der Waals surface area contributed by atoms with Crippen molar-refractivity contribution in [3.63, 3.8) is 0 Å². The second kappa shape index (κ2) is 13.5. The Bertz CT molecular complexity index is 1410. The molecule has 234 valence electrons. The summed E-state index contributed by atoms with van der Waals surface area (Å²) >= 11 is 0. The maximum absolute atomic E-state index is 13.4. The second-order valence-corrected chi connectivity index (χ2v) is 13.7. The number of anilines is 1. The molecule has 2 aromatic carbocycles. The maximum atomic E-state index is 13.4. The number of methoxy groups -OCH3 is 1. The van der Waals surface area contributed by atoms with Gasteiger partial charge in [0.05, 0.1) is 19.3 Å². The highest BCUT2D eigenvalue weighted by atomic mass is 32.2. The van der Waals surface area contributed by atoms with Crippen molar-refractivity contribution in [1.29, 1.82) is 0 Å². The first-order chi connectivity index (χ1) is 20.6. The van der Waals surface area contributed by atoms with E-state index in [0.29, 0.717) is 75.2 Å². The summed E-state index contributed by atoms with van der Waals surface area (Å²) in [6.07, 6.45) is 3.40.